The van der Waals surface area contributed by atoms with E-state index >= 15 is 0 Å². The van der Waals surface area contributed by atoms with Crippen LogP contribution in [-0.2, 0) is 23.7 Å². The Morgan fingerprint density at radius 3 is 1.94 bits per heavy atom. The summed E-state index contributed by atoms with van der Waals surface area (Å²) < 4.78 is 78.1. The number of hydrogen-bond acceptors (Lipinski definition) is 3. The summed E-state index contributed by atoms with van der Waals surface area (Å²) in [6.07, 6.45) is -7.18. The van der Waals surface area contributed by atoms with Gasteiger partial charge in [0.2, 0.25) is 5.91 Å². The maximum atomic E-state index is 13.0. The van der Waals surface area contributed by atoms with Crippen LogP contribution in [0.3, 0.4) is 0 Å². The molecule has 0 heterocycles. The van der Waals surface area contributed by atoms with Gasteiger partial charge in [-0.3, -0.25) is 9.59 Å². The Hall–Kier alpha value is -3.08. The summed E-state index contributed by atoms with van der Waals surface area (Å²) in [5, 5.41) is 8.49. The van der Waals surface area contributed by atoms with Crippen LogP contribution in [0.1, 0.15) is 52.7 Å². The first-order chi connectivity index (χ1) is 16.9. The molecular weight excluding hydrogens is 488 g/mol. The van der Waals surface area contributed by atoms with Crippen LogP contribution >= 0.6 is 0 Å². The standard InChI is InChI=1S/C25H27F6N3O2/c26-24(27,28)19-10-18(11-20(12-19)25(29,30)31)23(36)34-14-17-6-8-21(9-7-17)32-15-22(35)33-13-16-4-2-1-3-5-16/h1-5,10-12,17,21,32H,6-9,13-15H2,(H,33,35)(H,34,36). The van der Waals surface area contributed by atoms with Gasteiger partial charge in [0.25, 0.3) is 5.91 Å². The predicted molar refractivity (Wildman–Crippen MR) is 121 cm³/mol. The molecule has 2 amide bonds. The van der Waals surface area contributed by atoms with E-state index in [0.29, 0.717) is 31.5 Å². The Morgan fingerprint density at radius 1 is 0.806 bits per heavy atom. The van der Waals surface area contributed by atoms with Gasteiger partial charge < -0.3 is 16.0 Å². The second-order valence-corrected chi connectivity index (χ2v) is 8.87. The topological polar surface area (TPSA) is 70.2 Å². The summed E-state index contributed by atoms with van der Waals surface area (Å²) in [6, 6.07) is 10.4. The fourth-order valence-corrected chi connectivity index (χ4v) is 4.09. The van der Waals surface area contributed by atoms with Gasteiger partial charge in [-0.25, -0.2) is 0 Å². The Balaban J connectivity index is 1.43. The molecule has 3 N–H and O–H groups in total. The van der Waals surface area contributed by atoms with Crippen molar-refractivity contribution in [1.82, 2.24) is 16.0 Å². The fourth-order valence-electron chi connectivity index (χ4n) is 4.09. The normalized spacial score (nSPS) is 18.5. The molecule has 1 aliphatic rings. The summed E-state index contributed by atoms with van der Waals surface area (Å²) in [6.45, 7) is 0.737. The molecule has 11 heteroatoms. The third kappa shape index (κ3) is 8.25. The van der Waals surface area contributed by atoms with Gasteiger partial charge in [-0.2, -0.15) is 26.3 Å². The van der Waals surface area contributed by atoms with E-state index in [9.17, 15) is 35.9 Å². The number of carbonyl (C=O) groups is 2. The molecule has 0 radical (unpaired) electrons. The highest BCUT2D eigenvalue weighted by Gasteiger charge is 2.37. The molecule has 196 valence electrons. The third-order valence-corrected chi connectivity index (χ3v) is 6.13. The monoisotopic (exact) mass is 515 g/mol. The lowest BCUT2D eigenvalue weighted by molar-refractivity contribution is -0.143. The quantitative estimate of drug-likeness (QED) is 0.438. The molecule has 2 aromatic carbocycles. The van der Waals surface area contributed by atoms with E-state index in [1.54, 1.807) is 0 Å². The minimum atomic E-state index is -5.01. The van der Waals surface area contributed by atoms with Gasteiger partial charge in [0.1, 0.15) is 0 Å². The fraction of sp³-hybridized carbons (Fsp3) is 0.440. The molecular formula is C25H27F6N3O2. The van der Waals surface area contributed by atoms with E-state index in [2.05, 4.69) is 16.0 Å². The molecule has 0 aromatic heterocycles. The van der Waals surface area contributed by atoms with Crippen molar-refractivity contribution in [2.24, 2.45) is 5.92 Å². The Kier molecular flexibility index (Phi) is 8.99. The molecule has 1 aliphatic carbocycles. The molecule has 1 saturated carbocycles. The van der Waals surface area contributed by atoms with E-state index in [-0.39, 0.29) is 37.0 Å². The van der Waals surface area contributed by atoms with Crippen molar-refractivity contribution < 1.29 is 35.9 Å². The van der Waals surface area contributed by atoms with Crippen molar-refractivity contribution in [3.05, 3.63) is 70.8 Å². The summed E-state index contributed by atoms with van der Waals surface area (Å²) in [4.78, 5) is 24.4. The van der Waals surface area contributed by atoms with Gasteiger partial charge in [0.15, 0.2) is 0 Å². The summed E-state index contributed by atoms with van der Waals surface area (Å²) in [7, 11) is 0. The maximum absolute atomic E-state index is 13.0. The predicted octanol–water partition coefficient (Wildman–Crippen LogP) is 4.92. The highest BCUT2D eigenvalue weighted by Crippen LogP contribution is 2.36. The van der Waals surface area contributed by atoms with E-state index in [1.165, 1.54) is 0 Å². The van der Waals surface area contributed by atoms with Crippen molar-refractivity contribution in [2.75, 3.05) is 13.1 Å². The average Bonchev–Trinajstić information content (AvgIpc) is 2.84. The molecule has 0 bridgehead atoms. The van der Waals surface area contributed by atoms with Gasteiger partial charge >= 0.3 is 12.4 Å². The zero-order valence-corrected chi connectivity index (χ0v) is 19.3. The molecule has 2 aromatic rings. The van der Waals surface area contributed by atoms with Gasteiger partial charge in [0.05, 0.1) is 17.7 Å². The minimum Gasteiger partial charge on any atom is -0.352 e. The lowest BCUT2D eigenvalue weighted by atomic mass is 9.86. The number of nitrogens with one attached hydrogen (secondary N) is 3. The smallest absolute Gasteiger partial charge is 0.352 e. The number of rotatable bonds is 8. The number of alkyl halides is 6. The highest BCUT2D eigenvalue weighted by atomic mass is 19.4. The number of carbonyl (C=O) groups excluding carboxylic acids is 2. The Labute approximate surface area is 204 Å². The minimum absolute atomic E-state index is 0.00695. The van der Waals surface area contributed by atoms with E-state index in [4.69, 9.17) is 0 Å². The van der Waals surface area contributed by atoms with E-state index < -0.39 is 35.0 Å². The van der Waals surface area contributed by atoms with E-state index in [1.807, 2.05) is 30.3 Å². The van der Waals surface area contributed by atoms with E-state index in [0.717, 1.165) is 18.4 Å². The molecule has 0 aliphatic heterocycles. The van der Waals surface area contributed by atoms with Crippen molar-refractivity contribution >= 4 is 11.8 Å². The first-order valence-electron chi connectivity index (χ1n) is 11.5. The number of hydrogen-bond donors (Lipinski definition) is 3. The van der Waals surface area contributed by atoms with Gasteiger partial charge in [-0.1, -0.05) is 30.3 Å². The average molecular weight is 515 g/mol. The maximum Gasteiger partial charge on any atom is 0.416 e. The molecule has 0 spiro atoms. The molecule has 5 nitrogen and oxygen atoms in total. The first-order valence-corrected chi connectivity index (χ1v) is 11.5. The van der Waals surface area contributed by atoms with Crippen LogP contribution in [0, 0.1) is 5.92 Å². The number of amides is 2. The molecule has 3 rings (SSSR count). The van der Waals surface area contributed by atoms with Crippen LogP contribution in [0.5, 0.6) is 0 Å². The van der Waals surface area contributed by atoms with Crippen molar-refractivity contribution in [2.45, 2.75) is 50.6 Å². The van der Waals surface area contributed by atoms with Crippen LogP contribution < -0.4 is 16.0 Å². The lowest BCUT2D eigenvalue weighted by Crippen LogP contribution is -2.41. The van der Waals surface area contributed by atoms with Gasteiger partial charge in [-0.05, 0) is 55.4 Å². The first kappa shape index (κ1) is 27.5. The molecule has 0 saturated heterocycles. The number of benzene rings is 2. The zero-order valence-electron chi connectivity index (χ0n) is 19.3. The van der Waals surface area contributed by atoms with Crippen LogP contribution in [-0.4, -0.2) is 30.9 Å². The van der Waals surface area contributed by atoms with Crippen molar-refractivity contribution in [3.63, 3.8) is 0 Å². The largest absolute Gasteiger partial charge is 0.416 e. The highest BCUT2D eigenvalue weighted by molar-refractivity contribution is 5.94. The second-order valence-electron chi connectivity index (χ2n) is 8.87. The SMILES string of the molecule is O=C(CNC1CCC(CNC(=O)c2cc(C(F)(F)F)cc(C(F)(F)F)c2)CC1)NCc1ccccc1. The van der Waals surface area contributed by atoms with Crippen LogP contribution in [0.2, 0.25) is 0 Å². The molecule has 0 atom stereocenters. The Bertz CT molecular complexity index is 1000. The Morgan fingerprint density at radius 2 is 1.39 bits per heavy atom. The summed E-state index contributed by atoms with van der Waals surface area (Å²) in [5.41, 5.74) is -2.74. The van der Waals surface area contributed by atoms with Crippen molar-refractivity contribution in [1.29, 1.82) is 0 Å². The van der Waals surface area contributed by atoms with Gasteiger partial charge in [0, 0.05) is 24.7 Å². The van der Waals surface area contributed by atoms with Gasteiger partial charge in [-0.15, -0.1) is 0 Å². The van der Waals surface area contributed by atoms with Crippen molar-refractivity contribution in [3.8, 4) is 0 Å². The molecule has 0 unspecified atom stereocenters. The molecule has 1 fully saturated rings. The van der Waals surface area contributed by atoms with Crippen LogP contribution in [0.4, 0.5) is 26.3 Å². The third-order valence-electron chi connectivity index (χ3n) is 6.13. The lowest BCUT2D eigenvalue weighted by Gasteiger charge is -2.29. The second kappa shape index (κ2) is 11.8. The summed E-state index contributed by atoms with van der Waals surface area (Å²) in [5.74, 6) is -1.08. The summed E-state index contributed by atoms with van der Waals surface area (Å²) >= 11 is 0. The zero-order chi connectivity index (χ0) is 26.3. The number of halogens is 6. The van der Waals surface area contributed by atoms with Crippen LogP contribution in [0.15, 0.2) is 48.5 Å². The molecule has 36 heavy (non-hydrogen) atoms. The van der Waals surface area contributed by atoms with Crippen LogP contribution in [0.25, 0.3) is 0 Å².